The summed E-state index contributed by atoms with van der Waals surface area (Å²) in [5.41, 5.74) is 0. The highest BCUT2D eigenvalue weighted by atomic mass is 32.2. The number of furan rings is 1. The summed E-state index contributed by atoms with van der Waals surface area (Å²) in [7, 11) is -3.04. The van der Waals surface area contributed by atoms with Gasteiger partial charge in [0.05, 0.1) is 12.0 Å². The van der Waals surface area contributed by atoms with Crippen LogP contribution in [0.5, 0.6) is 0 Å². The quantitative estimate of drug-likeness (QED) is 0.737. The molecule has 0 amide bonds. The molecule has 0 fully saturated rings. The lowest BCUT2D eigenvalue weighted by molar-refractivity contribution is -0.118. The van der Waals surface area contributed by atoms with Crippen LogP contribution in [0.25, 0.3) is 0 Å². The van der Waals surface area contributed by atoms with E-state index in [9.17, 15) is 13.2 Å². The van der Waals surface area contributed by atoms with E-state index < -0.39 is 9.84 Å². The maximum Gasteiger partial charge on any atom is 0.147 e. The van der Waals surface area contributed by atoms with Crippen LogP contribution in [0.1, 0.15) is 18.6 Å². The number of ketones is 1. The molecule has 4 nitrogen and oxygen atoms in total. The van der Waals surface area contributed by atoms with Gasteiger partial charge in [0.25, 0.3) is 0 Å². The molecule has 0 aliphatic rings. The van der Waals surface area contributed by atoms with E-state index in [1.54, 1.807) is 18.4 Å². The third kappa shape index (κ3) is 5.37. The summed E-state index contributed by atoms with van der Waals surface area (Å²) < 4.78 is 26.7. The number of sulfone groups is 1. The molecule has 0 spiro atoms. The summed E-state index contributed by atoms with van der Waals surface area (Å²) in [6.45, 7) is 0. The van der Waals surface area contributed by atoms with Gasteiger partial charge < -0.3 is 4.42 Å². The second-order valence-corrected chi connectivity index (χ2v) is 5.76. The standard InChI is InChI=1S/C10H14O4S/c1-15(12,13)8-6-9(11)4-5-10-3-2-7-14-10/h2-3,7H,4-6,8H2,1H3. The van der Waals surface area contributed by atoms with Gasteiger partial charge in [0, 0.05) is 25.5 Å². The molecule has 0 atom stereocenters. The predicted molar refractivity (Wildman–Crippen MR) is 56.4 cm³/mol. The van der Waals surface area contributed by atoms with Crippen molar-refractivity contribution < 1.29 is 17.6 Å². The Balaban J connectivity index is 2.25. The van der Waals surface area contributed by atoms with Crippen LogP contribution in [0, 0.1) is 0 Å². The number of carbonyl (C=O) groups excluding carboxylic acids is 1. The first-order valence-corrected chi connectivity index (χ1v) is 6.75. The molecular formula is C10H14O4S. The highest BCUT2D eigenvalue weighted by Gasteiger charge is 2.08. The summed E-state index contributed by atoms with van der Waals surface area (Å²) in [6.07, 6.45) is 3.65. The molecule has 0 radical (unpaired) electrons. The summed E-state index contributed by atoms with van der Waals surface area (Å²) >= 11 is 0. The lowest BCUT2D eigenvalue weighted by Crippen LogP contribution is -2.09. The molecule has 1 aromatic heterocycles. The number of hydrogen-bond acceptors (Lipinski definition) is 4. The minimum atomic E-state index is -3.04. The van der Waals surface area contributed by atoms with E-state index >= 15 is 0 Å². The zero-order chi connectivity index (χ0) is 11.3. The van der Waals surface area contributed by atoms with Gasteiger partial charge in [-0.05, 0) is 12.1 Å². The van der Waals surface area contributed by atoms with E-state index in [0.717, 1.165) is 12.0 Å². The fourth-order valence-corrected chi connectivity index (χ4v) is 1.74. The van der Waals surface area contributed by atoms with Crippen LogP contribution in [-0.4, -0.2) is 26.2 Å². The number of Topliss-reactive ketones (excluding diaryl/α,β-unsaturated/α-hetero) is 1. The Bertz CT molecular complexity index is 403. The lowest BCUT2D eigenvalue weighted by Gasteiger charge is -1.98. The van der Waals surface area contributed by atoms with E-state index in [1.165, 1.54) is 0 Å². The molecule has 0 aliphatic carbocycles. The monoisotopic (exact) mass is 230 g/mol. The Morgan fingerprint density at radius 3 is 2.67 bits per heavy atom. The highest BCUT2D eigenvalue weighted by molar-refractivity contribution is 7.90. The molecule has 0 unspecified atom stereocenters. The van der Waals surface area contributed by atoms with Crippen LogP contribution in [-0.2, 0) is 21.1 Å². The van der Waals surface area contributed by atoms with Crippen LogP contribution in [0.4, 0.5) is 0 Å². The van der Waals surface area contributed by atoms with Gasteiger partial charge in [0.2, 0.25) is 0 Å². The number of aryl methyl sites for hydroxylation is 1. The Hall–Kier alpha value is -1.10. The largest absolute Gasteiger partial charge is 0.469 e. The third-order valence-corrected chi connectivity index (χ3v) is 2.93. The zero-order valence-electron chi connectivity index (χ0n) is 8.60. The van der Waals surface area contributed by atoms with Gasteiger partial charge >= 0.3 is 0 Å². The molecule has 84 valence electrons. The Morgan fingerprint density at radius 2 is 2.13 bits per heavy atom. The number of rotatable bonds is 6. The van der Waals surface area contributed by atoms with Gasteiger partial charge in [0.1, 0.15) is 21.4 Å². The average molecular weight is 230 g/mol. The Kier molecular flexibility index (Phi) is 4.08. The van der Waals surface area contributed by atoms with Gasteiger partial charge in [-0.15, -0.1) is 0 Å². The molecule has 1 heterocycles. The Morgan fingerprint density at radius 1 is 1.40 bits per heavy atom. The normalized spacial score (nSPS) is 11.5. The van der Waals surface area contributed by atoms with E-state index in [2.05, 4.69) is 0 Å². The van der Waals surface area contributed by atoms with Crippen LogP contribution in [0.2, 0.25) is 0 Å². The van der Waals surface area contributed by atoms with E-state index in [1.807, 2.05) is 0 Å². The summed E-state index contributed by atoms with van der Waals surface area (Å²) in [4.78, 5) is 11.3. The SMILES string of the molecule is CS(=O)(=O)CCC(=O)CCc1ccco1. The van der Waals surface area contributed by atoms with Gasteiger partial charge in [-0.2, -0.15) is 0 Å². The molecule has 0 saturated carbocycles. The van der Waals surface area contributed by atoms with Crippen molar-refractivity contribution in [2.24, 2.45) is 0 Å². The molecule has 0 saturated heterocycles. The average Bonchev–Trinajstić information content (AvgIpc) is 2.62. The van der Waals surface area contributed by atoms with Crippen molar-refractivity contribution in [1.29, 1.82) is 0 Å². The highest BCUT2D eigenvalue weighted by Crippen LogP contribution is 2.05. The number of carbonyl (C=O) groups is 1. The lowest BCUT2D eigenvalue weighted by atomic mass is 10.1. The first-order valence-electron chi connectivity index (χ1n) is 4.69. The van der Waals surface area contributed by atoms with Crippen LogP contribution in [0.3, 0.4) is 0 Å². The van der Waals surface area contributed by atoms with E-state index in [4.69, 9.17) is 4.42 Å². The van der Waals surface area contributed by atoms with Crippen molar-refractivity contribution in [1.82, 2.24) is 0 Å². The Labute approximate surface area is 89.2 Å². The maximum absolute atomic E-state index is 11.3. The molecule has 0 aromatic carbocycles. The fourth-order valence-electron chi connectivity index (χ4n) is 1.14. The topological polar surface area (TPSA) is 64.3 Å². The fraction of sp³-hybridized carbons (Fsp3) is 0.500. The summed E-state index contributed by atoms with van der Waals surface area (Å²) in [5, 5.41) is 0. The van der Waals surface area contributed by atoms with Gasteiger partial charge in [-0.1, -0.05) is 0 Å². The summed E-state index contributed by atoms with van der Waals surface area (Å²) in [6, 6.07) is 3.56. The molecule has 1 aromatic rings. The second kappa shape index (κ2) is 5.11. The first-order chi connectivity index (χ1) is 6.97. The van der Waals surface area contributed by atoms with Crippen molar-refractivity contribution in [3.05, 3.63) is 24.2 Å². The minimum absolute atomic E-state index is 0.0446. The van der Waals surface area contributed by atoms with Crippen molar-refractivity contribution in [2.75, 3.05) is 12.0 Å². The van der Waals surface area contributed by atoms with Crippen molar-refractivity contribution in [2.45, 2.75) is 19.3 Å². The summed E-state index contributed by atoms with van der Waals surface area (Å²) in [5.74, 6) is 0.642. The molecule has 1 rings (SSSR count). The first kappa shape index (κ1) is 12.0. The van der Waals surface area contributed by atoms with Gasteiger partial charge in [-0.3, -0.25) is 4.79 Å². The molecule has 0 aliphatic heterocycles. The minimum Gasteiger partial charge on any atom is -0.469 e. The van der Waals surface area contributed by atoms with Crippen LogP contribution in [0.15, 0.2) is 22.8 Å². The maximum atomic E-state index is 11.3. The van der Waals surface area contributed by atoms with Gasteiger partial charge in [-0.25, -0.2) is 8.42 Å². The third-order valence-electron chi connectivity index (χ3n) is 1.98. The van der Waals surface area contributed by atoms with Crippen molar-refractivity contribution in [3.8, 4) is 0 Å². The number of hydrogen-bond donors (Lipinski definition) is 0. The van der Waals surface area contributed by atoms with Crippen LogP contribution >= 0.6 is 0 Å². The molecule has 15 heavy (non-hydrogen) atoms. The molecular weight excluding hydrogens is 216 g/mol. The van der Waals surface area contributed by atoms with Crippen LogP contribution < -0.4 is 0 Å². The molecule has 5 heteroatoms. The molecule has 0 bridgehead atoms. The predicted octanol–water partition coefficient (Wildman–Crippen LogP) is 1.22. The van der Waals surface area contributed by atoms with E-state index in [-0.39, 0.29) is 18.0 Å². The smallest absolute Gasteiger partial charge is 0.147 e. The van der Waals surface area contributed by atoms with Gasteiger partial charge in [0.15, 0.2) is 0 Å². The van der Waals surface area contributed by atoms with Crippen molar-refractivity contribution in [3.63, 3.8) is 0 Å². The zero-order valence-corrected chi connectivity index (χ0v) is 9.42. The second-order valence-electron chi connectivity index (χ2n) is 3.50. The van der Waals surface area contributed by atoms with Crippen molar-refractivity contribution >= 4 is 15.6 Å². The van der Waals surface area contributed by atoms with E-state index in [0.29, 0.717) is 12.8 Å². The molecule has 0 N–H and O–H groups in total.